The number of benzene rings is 2. The van der Waals surface area contributed by atoms with E-state index in [1.807, 2.05) is 30.3 Å². The van der Waals surface area contributed by atoms with Gasteiger partial charge < -0.3 is 5.32 Å². The number of nitrogens with zero attached hydrogens (tertiary/aromatic N) is 2. The zero-order valence-corrected chi connectivity index (χ0v) is 21.6. The van der Waals surface area contributed by atoms with Crippen molar-refractivity contribution >= 4 is 26.7 Å². The van der Waals surface area contributed by atoms with Gasteiger partial charge in [0, 0.05) is 31.6 Å². The number of fused-ring (bicyclic) bond motifs is 1. The number of carbonyl (C=O) groups is 1. The summed E-state index contributed by atoms with van der Waals surface area (Å²) in [7, 11) is -3.56. The number of carbonyl (C=O) groups excluding carboxylic acids is 1. The molecular formula is C27H39N3O3S. The fraction of sp³-hybridized carbons (Fsp3) is 0.593. The molecule has 7 heteroatoms. The molecule has 2 heterocycles. The molecule has 1 amide bonds. The molecule has 186 valence electrons. The normalized spacial score (nSPS) is 20.6. The Morgan fingerprint density at radius 2 is 1.62 bits per heavy atom. The van der Waals surface area contributed by atoms with Gasteiger partial charge in [-0.2, -0.15) is 4.31 Å². The minimum Gasteiger partial charge on any atom is -0.354 e. The van der Waals surface area contributed by atoms with Gasteiger partial charge in [-0.25, -0.2) is 8.42 Å². The number of rotatable bonds is 7. The van der Waals surface area contributed by atoms with Gasteiger partial charge in [0.1, 0.15) is 0 Å². The highest BCUT2D eigenvalue weighted by molar-refractivity contribution is 7.89. The summed E-state index contributed by atoms with van der Waals surface area (Å²) < 4.78 is 28.0. The van der Waals surface area contributed by atoms with Crippen molar-refractivity contribution in [1.82, 2.24) is 14.5 Å². The van der Waals surface area contributed by atoms with Crippen molar-refractivity contribution in [3.8, 4) is 0 Å². The highest BCUT2D eigenvalue weighted by Gasteiger charge is 2.33. The maximum atomic E-state index is 13.2. The van der Waals surface area contributed by atoms with Gasteiger partial charge in [0.25, 0.3) is 0 Å². The van der Waals surface area contributed by atoms with Crippen LogP contribution < -0.4 is 5.32 Å². The summed E-state index contributed by atoms with van der Waals surface area (Å²) in [6.07, 6.45) is 3.57. The molecule has 1 unspecified atom stereocenters. The van der Waals surface area contributed by atoms with Crippen LogP contribution in [0.1, 0.15) is 46.5 Å². The monoisotopic (exact) mass is 485 g/mol. The van der Waals surface area contributed by atoms with Crippen molar-refractivity contribution in [3.05, 3.63) is 42.5 Å². The quantitative estimate of drug-likeness (QED) is 0.641. The molecule has 0 aliphatic carbocycles. The van der Waals surface area contributed by atoms with Gasteiger partial charge >= 0.3 is 0 Å². The molecular weight excluding hydrogens is 446 g/mol. The molecule has 1 atom stereocenters. The second-order valence-electron chi connectivity index (χ2n) is 10.5. The standard InChI is InChI=1S/C27H39N3O3S/c1-20(2)26(29-14-10-21(3)11-15-29)19-28-27(31)23-12-16-30(17-13-23)34(32,33)25-9-8-22-6-4-5-7-24(22)18-25/h4-9,18,20-21,23,26H,10-17,19H2,1-3H3,(H,28,31). The third-order valence-corrected chi connectivity index (χ3v) is 9.62. The first-order valence-electron chi connectivity index (χ1n) is 12.8. The van der Waals surface area contributed by atoms with Gasteiger partial charge in [-0.15, -0.1) is 0 Å². The van der Waals surface area contributed by atoms with Crippen molar-refractivity contribution in [2.75, 3.05) is 32.7 Å². The van der Waals surface area contributed by atoms with E-state index in [4.69, 9.17) is 0 Å². The van der Waals surface area contributed by atoms with E-state index >= 15 is 0 Å². The van der Waals surface area contributed by atoms with Crippen LogP contribution >= 0.6 is 0 Å². The molecule has 0 bridgehead atoms. The Balaban J connectivity index is 1.32. The van der Waals surface area contributed by atoms with E-state index < -0.39 is 10.0 Å². The fourth-order valence-corrected chi connectivity index (χ4v) is 6.84. The molecule has 0 radical (unpaired) electrons. The predicted octanol–water partition coefficient (Wildman–Crippen LogP) is 4.11. The summed E-state index contributed by atoms with van der Waals surface area (Å²) in [5, 5.41) is 5.14. The molecule has 2 saturated heterocycles. The van der Waals surface area contributed by atoms with Gasteiger partial charge in [-0.3, -0.25) is 9.69 Å². The lowest BCUT2D eigenvalue weighted by Gasteiger charge is -2.39. The first-order chi connectivity index (χ1) is 16.3. The van der Waals surface area contributed by atoms with Crippen LogP contribution in [-0.4, -0.2) is 62.3 Å². The van der Waals surface area contributed by atoms with Crippen molar-refractivity contribution in [3.63, 3.8) is 0 Å². The van der Waals surface area contributed by atoms with Crippen LogP contribution in [0.2, 0.25) is 0 Å². The molecule has 0 saturated carbocycles. The van der Waals surface area contributed by atoms with E-state index in [-0.39, 0.29) is 11.8 Å². The fourth-order valence-electron chi connectivity index (χ4n) is 5.33. The molecule has 0 spiro atoms. The lowest BCUT2D eigenvalue weighted by Crippen LogP contribution is -2.51. The number of sulfonamides is 1. The Hall–Kier alpha value is -1.96. The van der Waals surface area contributed by atoms with Crippen LogP contribution in [0.4, 0.5) is 0 Å². The van der Waals surface area contributed by atoms with Crippen molar-refractivity contribution in [2.24, 2.45) is 17.8 Å². The van der Waals surface area contributed by atoms with Crippen LogP contribution in [0.15, 0.2) is 47.4 Å². The molecule has 2 aromatic carbocycles. The van der Waals surface area contributed by atoms with Gasteiger partial charge in [-0.1, -0.05) is 51.1 Å². The molecule has 1 N–H and O–H groups in total. The van der Waals surface area contributed by atoms with Crippen LogP contribution in [-0.2, 0) is 14.8 Å². The zero-order chi connectivity index (χ0) is 24.3. The molecule has 34 heavy (non-hydrogen) atoms. The maximum Gasteiger partial charge on any atom is 0.243 e. The largest absolute Gasteiger partial charge is 0.354 e. The van der Waals surface area contributed by atoms with Crippen molar-refractivity contribution < 1.29 is 13.2 Å². The average Bonchev–Trinajstić information content (AvgIpc) is 2.84. The third kappa shape index (κ3) is 5.64. The summed E-state index contributed by atoms with van der Waals surface area (Å²) >= 11 is 0. The van der Waals surface area contributed by atoms with E-state index in [1.165, 1.54) is 17.1 Å². The average molecular weight is 486 g/mol. The summed E-state index contributed by atoms with van der Waals surface area (Å²) in [6, 6.07) is 13.4. The highest BCUT2D eigenvalue weighted by atomic mass is 32.2. The number of amides is 1. The van der Waals surface area contributed by atoms with E-state index in [0.29, 0.717) is 49.3 Å². The Bertz CT molecular complexity index is 1090. The number of likely N-dealkylation sites (tertiary alicyclic amines) is 1. The van der Waals surface area contributed by atoms with Gasteiger partial charge in [0.15, 0.2) is 0 Å². The predicted molar refractivity (Wildman–Crippen MR) is 137 cm³/mol. The number of piperidine rings is 2. The lowest BCUT2D eigenvalue weighted by atomic mass is 9.93. The number of nitrogens with one attached hydrogen (secondary N) is 1. The number of hydrogen-bond acceptors (Lipinski definition) is 4. The minimum atomic E-state index is -3.56. The third-order valence-electron chi connectivity index (χ3n) is 7.73. The van der Waals surface area contributed by atoms with Crippen LogP contribution in [0, 0.1) is 17.8 Å². The molecule has 2 aromatic rings. The van der Waals surface area contributed by atoms with Crippen molar-refractivity contribution in [2.45, 2.75) is 57.4 Å². The lowest BCUT2D eigenvalue weighted by molar-refractivity contribution is -0.126. The highest BCUT2D eigenvalue weighted by Crippen LogP contribution is 2.27. The van der Waals surface area contributed by atoms with E-state index in [1.54, 1.807) is 12.1 Å². The summed E-state index contributed by atoms with van der Waals surface area (Å²) in [4.78, 5) is 15.8. The molecule has 6 nitrogen and oxygen atoms in total. The maximum absolute atomic E-state index is 13.2. The molecule has 2 aliphatic rings. The zero-order valence-electron chi connectivity index (χ0n) is 20.7. The van der Waals surface area contributed by atoms with Crippen LogP contribution in [0.25, 0.3) is 10.8 Å². The second kappa shape index (κ2) is 10.8. The van der Waals surface area contributed by atoms with Crippen molar-refractivity contribution in [1.29, 1.82) is 0 Å². The van der Waals surface area contributed by atoms with E-state index in [0.717, 1.165) is 29.8 Å². The summed E-state index contributed by atoms with van der Waals surface area (Å²) in [5.41, 5.74) is 0. The minimum absolute atomic E-state index is 0.0683. The first kappa shape index (κ1) is 25.1. The Kier molecular flexibility index (Phi) is 7.95. The topological polar surface area (TPSA) is 69.7 Å². The van der Waals surface area contributed by atoms with Gasteiger partial charge in [0.2, 0.25) is 15.9 Å². The van der Waals surface area contributed by atoms with Gasteiger partial charge in [-0.05, 0) is 73.5 Å². The van der Waals surface area contributed by atoms with E-state index in [9.17, 15) is 13.2 Å². The Morgan fingerprint density at radius 1 is 0.971 bits per heavy atom. The van der Waals surface area contributed by atoms with Crippen LogP contribution in [0.3, 0.4) is 0 Å². The van der Waals surface area contributed by atoms with Gasteiger partial charge in [0.05, 0.1) is 4.90 Å². The first-order valence-corrected chi connectivity index (χ1v) is 14.2. The van der Waals surface area contributed by atoms with E-state index in [2.05, 4.69) is 31.0 Å². The van der Waals surface area contributed by atoms with Crippen LogP contribution in [0.5, 0.6) is 0 Å². The Morgan fingerprint density at radius 3 is 2.26 bits per heavy atom. The summed E-state index contributed by atoms with van der Waals surface area (Å²) in [5.74, 6) is 1.20. The molecule has 4 rings (SSSR count). The summed E-state index contributed by atoms with van der Waals surface area (Å²) in [6.45, 7) is 10.4. The second-order valence-corrected chi connectivity index (χ2v) is 12.4. The Labute approximate surface area is 204 Å². The molecule has 0 aromatic heterocycles. The molecule has 2 aliphatic heterocycles. The number of hydrogen-bond donors (Lipinski definition) is 1. The smallest absolute Gasteiger partial charge is 0.243 e. The SMILES string of the molecule is CC1CCN(C(CNC(=O)C2CCN(S(=O)(=O)c3ccc4ccccc4c3)CC2)C(C)C)CC1. The molecule has 2 fully saturated rings.